The molecule has 2 heterocycles. The zero-order valence-corrected chi connectivity index (χ0v) is 22.1. The van der Waals surface area contributed by atoms with Crippen molar-refractivity contribution in [1.82, 2.24) is 4.98 Å². The first-order chi connectivity index (χ1) is 19.8. The number of furan rings is 1. The van der Waals surface area contributed by atoms with Crippen LogP contribution in [0.25, 0.3) is 0 Å². The van der Waals surface area contributed by atoms with E-state index >= 15 is 0 Å². The molecule has 0 bridgehead atoms. The van der Waals surface area contributed by atoms with Crippen molar-refractivity contribution in [2.24, 2.45) is 0 Å². The summed E-state index contributed by atoms with van der Waals surface area (Å²) in [7, 11) is 1.46. The predicted molar refractivity (Wildman–Crippen MR) is 139 cm³/mol. The number of non-ortho nitro benzene ring substituents is 1. The van der Waals surface area contributed by atoms with E-state index in [0.29, 0.717) is 17.9 Å². The first-order valence-corrected chi connectivity index (χ1v) is 12.4. The quantitative estimate of drug-likeness (QED) is 0.0649. The Bertz CT molecular complexity index is 1440. The number of carbonyl (C=O) groups is 2. The van der Waals surface area contributed by atoms with Gasteiger partial charge in [-0.3, -0.25) is 10.1 Å². The fraction of sp³-hybridized carbons (Fsp3) is 0.250. The largest absolute Gasteiger partial charge is 0.515 e. The number of benzene rings is 2. The number of nitro benzene ring substituents is 1. The van der Waals surface area contributed by atoms with Crippen LogP contribution in [0.1, 0.15) is 31.2 Å². The Kier molecular flexibility index (Phi) is 9.32. The minimum atomic E-state index is -2.30. The highest BCUT2D eigenvalue weighted by Crippen LogP contribution is 2.38. The number of methoxy groups -OCH3 is 1. The van der Waals surface area contributed by atoms with Crippen molar-refractivity contribution in [2.75, 3.05) is 7.11 Å². The third kappa shape index (κ3) is 6.89. The lowest BCUT2D eigenvalue weighted by atomic mass is 9.89. The van der Waals surface area contributed by atoms with Crippen LogP contribution in [0.4, 0.5) is 10.5 Å². The fourth-order valence-electron chi connectivity index (χ4n) is 3.93. The number of carbonyl (C=O) groups excluding carboxylic acids is 2. The molecule has 13 heteroatoms. The van der Waals surface area contributed by atoms with Crippen LogP contribution in [0.3, 0.4) is 0 Å². The van der Waals surface area contributed by atoms with Crippen molar-refractivity contribution in [2.45, 2.75) is 38.1 Å². The zero-order valence-electron chi connectivity index (χ0n) is 22.1. The number of nitrogens with zero attached hydrogens (tertiary/aromatic N) is 2. The summed E-state index contributed by atoms with van der Waals surface area (Å²) in [4.78, 5) is 41.7. The smallest absolute Gasteiger partial charge is 0.497 e. The van der Waals surface area contributed by atoms with Crippen molar-refractivity contribution in [3.05, 3.63) is 101 Å². The van der Waals surface area contributed by atoms with Gasteiger partial charge in [0.1, 0.15) is 35.3 Å². The van der Waals surface area contributed by atoms with Crippen molar-refractivity contribution >= 4 is 17.8 Å². The van der Waals surface area contributed by atoms with Gasteiger partial charge in [-0.2, -0.15) is 0 Å². The third-order valence-corrected chi connectivity index (χ3v) is 5.86. The van der Waals surface area contributed by atoms with Gasteiger partial charge in [0.25, 0.3) is 11.3 Å². The average Bonchev–Trinajstić information content (AvgIpc) is 3.70. The molecule has 13 nitrogen and oxygen atoms in total. The number of esters is 1. The summed E-state index contributed by atoms with van der Waals surface area (Å²) < 4.78 is 38.7. The monoisotopic (exact) mass is 566 g/mol. The number of aromatic nitrogens is 1. The minimum absolute atomic E-state index is 0.0642. The Morgan fingerprint density at radius 1 is 1.05 bits per heavy atom. The maximum atomic E-state index is 14.1. The summed E-state index contributed by atoms with van der Waals surface area (Å²) >= 11 is 0. The second-order valence-corrected chi connectivity index (χ2v) is 8.55. The van der Waals surface area contributed by atoms with Crippen molar-refractivity contribution < 1.29 is 47.0 Å². The van der Waals surface area contributed by atoms with Gasteiger partial charge in [0.2, 0.25) is 0 Å². The molecule has 0 spiro atoms. The van der Waals surface area contributed by atoms with Gasteiger partial charge in [0, 0.05) is 18.2 Å². The van der Waals surface area contributed by atoms with Crippen molar-refractivity contribution in [1.29, 1.82) is 0 Å². The molecular formula is C28H26N2O11. The Balaban J connectivity index is 1.73. The summed E-state index contributed by atoms with van der Waals surface area (Å²) in [5.74, 6) is -0.676. The van der Waals surface area contributed by atoms with E-state index in [2.05, 4.69) is 4.98 Å². The Hall–Kier alpha value is -5.17. The van der Waals surface area contributed by atoms with Crippen LogP contribution in [0.5, 0.6) is 17.2 Å². The number of oxazole rings is 1. The molecule has 0 saturated carbocycles. The lowest BCUT2D eigenvalue weighted by molar-refractivity contribution is -0.384. The van der Waals surface area contributed by atoms with Crippen LogP contribution in [-0.4, -0.2) is 35.2 Å². The number of ether oxygens (including phenoxy) is 5. The second-order valence-electron chi connectivity index (χ2n) is 8.55. The maximum Gasteiger partial charge on any atom is 0.515 e. The van der Waals surface area contributed by atoms with E-state index in [1.165, 1.54) is 62.4 Å². The van der Waals surface area contributed by atoms with Crippen LogP contribution in [0.2, 0.25) is 0 Å². The summed E-state index contributed by atoms with van der Waals surface area (Å²) in [6.07, 6.45) is 2.13. The molecule has 0 aliphatic heterocycles. The highest BCUT2D eigenvalue weighted by Gasteiger charge is 2.56. The molecule has 0 saturated heterocycles. The van der Waals surface area contributed by atoms with Gasteiger partial charge in [0.05, 0.1) is 24.9 Å². The van der Waals surface area contributed by atoms with Crippen LogP contribution in [-0.2, 0) is 26.5 Å². The normalized spacial score (nSPS) is 13.0. The number of hydrogen-bond acceptors (Lipinski definition) is 12. The summed E-state index contributed by atoms with van der Waals surface area (Å²) in [5.41, 5.74) is -2.08. The second kappa shape index (κ2) is 13.3. The van der Waals surface area contributed by atoms with Gasteiger partial charge in [-0.05, 0) is 42.8 Å². The molecule has 2 aromatic carbocycles. The van der Waals surface area contributed by atoms with E-state index < -0.39 is 28.8 Å². The van der Waals surface area contributed by atoms with E-state index in [9.17, 15) is 19.7 Å². The van der Waals surface area contributed by atoms with E-state index in [1.54, 1.807) is 12.1 Å². The molecule has 2 unspecified atom stereocenters. The van der Waals surface area contributed by atoms with E-state index in [4.69, 9.17) is 32.5 Å². The van der Waals surface area contributed by atoms with E-state index in [-0.39, 0.29) is 36.0 Å². The Morgan fingerprint density at radius 3 is 2.46 bits per heavy atom. The van der Waals surface area contributed by atoms with Gasteiger partial charge in [-0.25, -0.2) is 14.6 Å². The molecule has 4 rings (SSSR count). The summed E-state index contributed by atoms with van der Waals surface area (Å²) in [6, 6.07) is 14.0. The topological polar surface area (TPSA) is 163 Å². The fourth-order valence-corrected chi connectivity index (χ4v) is 3.93. The van der Waals surface area contributed by atoms with E-state index in [1.807, 2.05) is 6.92 Å². The van der Waals surface area contributed by atoms with Crippen LogP contribution >= 0.6 is 0 Å². The predicted octanol–water partition coefficient (Wildman–Crippen LogP) is 5.59. The molecule has 0 aliphatic rings. The van der Waals surface area contributed by atoms with Crippen molar-refractivity contribution in [3.63, 3.8) is 0 Å². The molecule has 0 N–H and O–H groups in total. The molecule has 0 aliphatic carbocycles. The summed E-state index contributed by atoms with van der Waals surface area (Å²) in [6.45, 7) is 1.75. The molecule has 0 radical (unpaired) electrons. The van der Waals surface area contributed by atoms with Crippen LogP contribution < -0.4 is 14.2 Å². The SMILES string of the molecule is CCCC(OCc1cocn1)C(OC(=O)Oc1ccc([N+](=O)[O-])cc1)(C(=O)Oc1cccc(OC)c1)c1ccco1. The molecule has 4 aromatic rings. The molecule has 41 heavy (non-hydrogen) atoms. The molecule has 2 atom stereocenters. The number of rotatable bonds is 13. The summed E-state index contributed by atoms with van der Waals surface area (Å²) in [5, 5.41) is 11.0. The van der Waals surface area contributed by atoms with Gasteiger partial charge in [-0.15, -0.1) is 0 Å². The molecular weight excluding hydrogens is 540 g/mol. The molecule has 0 fully saturated rings. The highest BCUT2D eigenvalue weighted by molar-refractivity contribution is 5.86. The number of hydrogen-bond donors (Lipinski definition) is 0. The number of nitro groups is 1. The maximum absolute atomic E-state index is 14.1. The van der Waals surface area contributed by atoms with Gasteiger partial charge in [-0.1, -0.05) is 19.4 Å². The average molecular weight is 567 g/mol. The van der Waals surface area contributed by atoms with Crippen LogP contribution in [0.15, 0.2) is 88.4 Å². The van der Waals surface area contributed by atoms with Gasteiger partial charge >= 0.3 is 12.1 Å². The molecule has 2 aromatic heterocycles. The first kappa shape index (κ1) is 28.8. The van der Waals surface area contributed by atoms with E-state index in [0.717, 1.165) is 12.1 Å². The standard InChI is InChI=1S/C28H26N2O11/c1-3-6-24(38-17-19-16-36-18-29-19)28(25-9-5-14-37-25,26(31)39-23-8-4-7-22(15-23)35-2)41-27(32)40-21-12-10-20(11-13-21)30(33)34/h4-5,7-16,18,24H,3,6,17H2,1-2H3. The third-order valence-electron chi connectivity index (χ3n) is 5.86. The van der Waals surface area contributed by atoms with Gasteiger partial charge < -0.3 is 32.5 Å². The molecule has 214 valence electrons. The van der Waals surface area contributed by atoms with Crippen molar-refractivity contribution in [3.8, 4) is 17.2 Å². The Labute approximate surface area is 233 Å². The Morgan fingerprint density at radius 2 is 1.83 bits per heavy atom. The zero-order chi connectivity index (χ0) is 29.2. The molecule has 0 amide bonds. The van der Waals surface area contributed by atoms with Crippen LogP contribution in [0, 0.1) is 10.1 Å². The lowest BCUT2D eigenvalue weighted by Gasteiger charge is -2.35. The van der Waals surface area contributed by atoms with Gasteiger partial charge in [0.15, 0.2) is 12.2 Å². The first-order valence-electron chi connectivity index (χ1n) is 12.4. The highest BCUT2D eigenvalue weighted by atomic mass is 16.8. The minimum Gasteiger partial charge on any atom is -0.497 e. The lowest BCUT2D eigenvalue weighted by Crippen LogP contribution is -2.53.